The fourth-order valence-corrected chi connectivity index (χ4v) is 9.01. The number of rotatable bonds is 5. The number of para-hydroxylation sites is 2. The quantitative estimate of drug-likeness (QED) is 0.168. The van der Waals surface area contributed by atoms with E-state index in [0.717, 1.165) is 27.6 Å². The lowest BCUT2D eigenvalue weighted by molar-refractivity contribution is -0.137. The van der Waals surface area contributed by atoms with E-state index in [1.807, 2.05) is 100 Å². The SMILES string of the molecule is N#Cc1cc(C#N)cc(-c2ccc3c(c2)c2ccccc2n3-c2cc(-c3ccc(C#N)cc3C(F)(F)F)cc(-n3c4ccccc4c4cc(-c5cc(C#N)cc(C#N)c5)ccc43)c2C#N)c1. The molecule has 10 rings (SSSR count). The van der Waals surface area contributed by atoms with Crippen molar-refractivity contribution in [1.29, 1.82) is 31.6 Å². The van der Waals surface area contributed by atoms with Crippen molar-refractivity contribution < 1.29 is 13.2 Å². The van der Waals surface area contributed by atoms with Crippen molar-refractivity contribution in [3.05, 3.63) is 191 Å². The number of nitriles is 6. The molecule has 306 valence electrons. The molecule has 8 aromatic carbocycles. The Labute approximate surface area is 374 Å². The normalized spacial score (nSPS) is 11.2. The van der Waals surface area contributed by atoms with Crippen LogP contribution < -0.4 is 0 Å². The van der Waals surface area contributed by atoms with Gasteiger partial charge in [-0.2, -0.15) is 44.7 Å². The summed E-state index contributed by atoms with van der Waals surface area (Å²) in [6.07, 6.45) is -4.86. The second-order valence-electron chi connectivity index (χ2n) is 15.6. The van der Waals surface area contributed by atoms with Crippen molar-refractivity contribution >= 4 is 43.6 Å². The Hall–Kier alpha value is -9.91. The van der Waals surface area contributed by atoms with Crippen molar-refractivity contribution in [1.82, 2.24) is 9.13 Å². The summed E-state index contributed by atoms with van der Waals surface area (Å²) in [5.41, 5.74) is 6.07. The van der Waals surface area contributed by atoms with E-state index in [1.54, 1.807) is 36.4 Å². The second kappa shape index (κ2) is 15.5. The summed E-state index contributed by atoms with van der Waals surface area (Å²) >= 11 is 0. The van der Waals surface area contributed by atoms with Gasteiger partial charge in [0.2, 0.25) is 0 Å². The van der Waals surface area contributed by atoms with Crippen LogP contribution in [-0.4, -0.2) is 9.13 Å². The van der Waals surface area contributed by atoms with Gasteiger partial charge in [-0.05, 0) is 130 Å². The van der Waals surface area contributed by atoms with Crippen LogP contribution >= 0.6 is 0 Å². The topological polar surface area (TPSA) is 153 Å². The van der Waals surface area contributed by atoms with Crippen LogP contribution in [0.1, 0.15) is 38.9 Å². The zero-order valence-corrected chi connectivity index (χ0v) is 34.1. The minimum Gasteiger partial charge on any atom is -0.308 e. The summed E-state index contributed by atoms with van der Waals surface area (Å²) in [6.45, 7) is 0. The van der Waals surface area contributed by atoms with Gasteiger partial charge in [-0.15, -0.1) is 0 Å². The Kier molecular flexibility index (Phi) is 9.41. The minimum absolute atomic E-state index is 0.135. The molecular weight excluding hydrogens is 830 g/mol. The van der Waals surface area contributed by atoms with E-state index in [-0.39, 0.29) is 22.3 Å². The van der Waals surface area contributed by atoms with Gasteiger partial charge >= 0.3 is 6.18 Å². The van der Waals surface area contributed by atoms with E-state index in [9.17, 15) is 31.6 Å². The highest BCUT2D eigenvalue weighted by Gasteiger charge is 2.35. The number of halogens is 3. The Morgan fingerprint density at radius 3 is 1.18 bits per heavy atom. The summed E-state index contributed by atoms with van der Waals surface area (Å²) in [6, 6.07) is 55.4. The average molecular weight is 855 g/mol. The van der Waals surface area contributed by atoms with Crippen LogP contribution in [0.2, 0.25) is 0 Å². The number of fused-ring (bicyclic) bond motifs is 6. The molecule has 66 heavy (non-hydrogen) atoms. The van der Waals surface area contributed by atoms with Crippen molar-refractivity contribution in [2.24, 2.45) is 0 Å². The first-order valence-electron chi connectivity index (χ1n) is 20.2. The summed E-state index contributed by atoms with van der Waals surface area (Å²) in [5, 5.41) is 63.0. The molecule has 8 nitrogen and oxygen atoms in total. The summed E-state index contributed by atoms with van der Waals surface area (Å²) in [7, 11) is 0. The molecule has 0 saturated heterocycles. The highest BCUT2D eigenvalue weighted by Crippen LogP contribution is 2.44. The molecule has 10 aromatic rings. The zero-order chi connectivity index (χ0) is 45.9. The zero-order valence-electron chi connectivity index (χ0n) is 34.1. The van der Waals surface area contributed by atoms with Crippen molar-refractivity contribution in [3.63, 3.8) is 0 Å². The van der Waals surface area contributed by atoms with Gasteiger partial charge in [0.25, 0.3) is 0 Å². The third-order valence-electron chi connectivity index (χ3n) is 11.8. The monoisotopic (exact) mass is 854 g/mol. The lowest BCUT2D eigenvalue weighted by Gasteiger charge is -2.20. The Bertz CT molecular complexity index is 3740. The standard InChI is InChI=1S/C55H25F3N8/c56-55(57,58)48-21-32(26-59)9-12-42(48)41-24-53(65-49-7-3-1-5-43(49)45-22-37(10-13-51(45)65)39-17-33(27-60)15-34(18-39)28-61)47(31-64)54(25-41)66-50-8-4-2-6-44(50)46-23-38(11-14-52(46)66)40-19-35(29-62)16-36(20-40)30-63/h1-25H. The molecule has 0 aliphatic heterocycles. The van der Waals surface area contributed by atoms with Crippen LogP contribution in [0, 0.1) is 68.0 Å². The molecule has 2 heterocycles. The molecule has 11 heteroatoms. The largest absolute Gasteiger partial charge is 0.417 e. The number of nitrogens with zero attached hydrogens (tertiary/aromatic N) is 8. The summed E-state index contributed by atoms with van der Waals surface area (Å²) in [5.74, 6) is 0. The minimum atomic E-state index is -4.86. The molecule has 0 saturated carbocycles. The van der Waals surface area contributed by atoms with Gasteiger partial charge in [-0.3, -0.25) is 0 Å². The molecule has 0 atom stereocenters. The lowest BCUT2D eigenvalue weighted by atomic mass is 9.94. The molecular formula is C55H25F3N8. The number of benzene rings is 8. The first-order chi connectivity index (χ1) is 32.0. The maximum atomic E-state index is 15.1. The third-order valence-corrected chi connectivity index (χ3v) is 11.8. The van der Waals surface area contributed by atoms with E-state index >= 15 is 13.2 Å². The maximum absolute atomic E-state index is 15.1. The van der Waals surface area contributed by atoms with Gasteiger partial charge in [-0.25, -0.2) is 0 Å². The second-order valence-corrected chi connectivity index (χ2v) is 15.6. The number of alkyl halides is 3. The van der Waals surface area contributed by atoms with Gasteiger partial charge in [0.15, 0.2) is 0 Å². The Balaban J connectivity index is 1.31. The maximum Gasteiger partial charge on any atom is 0.417 e. The lowest BCUT2D eigenvalue weighted by Crippen LogP contribution is -2.09. The Morgan fingerprint density at radius 2 is 0.773 bits per heavy atom. The third kappa shape index (κ3) is 6.51. The predicted octanol–water partition coefficient (Wildman–Crippen LogP) is 13.1. The van der Waals surface area contributed by atoms with Gasteiger partial charge < -0.3 is 9.13 Å². The average Bonchev–Trinajstić information content (AvgIpc) is 3.87. The molecule has 0 aliphatic carbocycles. The molecule has 0 spiro atoms. The fourth-order valence-electron chi connectivity index (χ4n) is 9.01. The number of hydrogen-bond donors (Lipinski definition) is 0. The van der Waals surface area contributed by atoms with Gasteiger partial charge in [-0.1, -0.05) is 54.6 Å². The number of aromatic nitrogens is 2. The molecule has 0 fully saturated rings. The van der Waals surface area contributed by atoms with Gasteiger partial charge in [0, 0.05) is 21.5 Å². The van der Waals surface area contributed by atoms with Gasteiger partial charge in [0.1, 0.15) is 11.6 Å². The molecule has 2 aromatic heterocycles. The molecule has 0 aliphatic rings. The van der Waals surface area contributed by atoms with Crippen molar-refractivity contribution in [2.45, 2.75) is 6.18 Å². The highest BCUT2D eigenvalue weighted by atomic mass is 19.4. The van der Waals surface area contributed by atoms with Crippen LogP contribution in [0.3, 0.4) is 0 Å². The fraction of sp³-hybridized carbons (Fsp3) is 0.0182. The first kappa shape index (κ1) is 40.2. The van der Waals surface area contributed by atoms with E-state index < -0.39 is 11.7 Å². The predicted molar refractivity (Wildman–Crippen MR) is 245 cm³/mol. The molecule has 0 amide bonds. The van der Waals surface area contributed by atoms with Crippen LogP contribution in [0.4, 0.5) is 13.2 Å². The molecule has 0 radical (unpaired) electrons. The molecule has 0 unspecified atom stereocenters. The van der Waals surface area contributed by atoms with Crippen LogP contribution in [0.25, 0.3) is 88.4 Å². The molecule has 0 N–H and O–H groups in total. The van der Waals surface area contributed by atoms with E-state index in [2.05, 4.69) is 30.3 Å². The van der Waals surface area contributed by atoms with E-state index in [1.165, 1.54) is 24.3 Å². The number of hydrogen-bond acceptors (Lipinski definition) is 6. The van der Waals surface area contributed by atoms with Crippen LogP contribution in [0.5, 0.6) is 0 Å². The van der Waals surface area contributed by atoms with Crippen LogP contribution in [-0.2, 0) is 6.18 Å². The Morgan fingerprint density at radius 1 is 0.348 bits per heavy atom. The summed E-state index contributed by atoms with van der Waals surface area (Å²) in [4.78, 5) is 0. The smallest absolute Gasteiger partial charge is 0.308 e. The highest BCUT2D eigenvalue weighted by molar-refractivity contribution is 6.12. The van der Waals surface area contributed by atoms with Crippen molar-refractivity contribution in [3.8, 4) is 81.2 Å². The van der Waals surface area contributed by atoms with Gasteiger partial charge in [0.05, 0.1) is 97.2 Å². The molecule has 0 bridgehead atoms. The van der Waals surface area contributed by atoms with E-state index in [4.69, 9.17) is 0 Å². The first-order valence-corrected chi connectivity index (χ1v) is 20.2. The summed E-state index contributed by atoms with van der Waals surface area (Å²) < 4.78 is 49.0. The van der Waals surface area contributed by atoms with Crippen LogP contribution in [0.15, 0.2) is 152 Å². The van der Waals surface area contributed by atoms with Crippen molar-refractivity contribution in [2.75, 3.05) is 0 Å². The van der Waals surface area contributed by atoms with E-state index in [0.29, 0.717) is 77.9 Å².